The molecular weight excluding hydrogens is 186 g/mol. The molecule has 1 atom stereocenters. The Kier molecular flexibility index (Phi) is 3.32. The maximum atomic E-state index is 11.3. The third-order valence-electron chi connectivity index (χ3n) is 2.01. The van der Waals surface area contributed by atoms with E-state index in [4.69, 9.17) is 11.6 Å². The zero-order chi connectivity index (χ0) is 9.84. The predicted molar refractivity (Wildman–Crippen MR) is 53.9 cm³/mol. The molecule has 0 saturated carbocycles. The summed E-state index contributed by atoms with van der Waals surface area (Å²) >= 11 is 5.94. The van der Waals surface area contributed by atoms with Crippen LogP contribution in [0.4, 0.5) is 0 Å². The van der Waals surface area contributed by atoms with Gasteiger partial charge in [-0.3, -0.25) is 4.79 Å². The van der Waals surface area contributed by atoms with Crippen molar-refractivity contribution in [2.75, 3.05) is 7.05 Å². The van der Waals surface area contributed by atoms with Gasteiger partial charge >= 0.3 is 0 Å². The van der Waals surface area contributed by atoms with Crippen molar-refractivity contribution in [1.82, 2.24) is 5.32 Å². The van der Waals surface area contributed by atoms with Crippen LogP contribution < -0.4 is 5.32 Å². The fraction of sp³-hybridized carbons (Fsp3) is 0.300. The summed E-state index contributed by atoms with van der Waals surface area (Å²) < 4.78 is 0. The van der Waals surface area contributed by atoms with Gasteiger partial charge in [0.15, 0.2) is 0 Å². The Morgan fingerprint density at radius 3 is 2.62 bits per heavy atom. The van der Waals surface area contributed by atoms with Gasteiger partial charge in [0.25, 0.3) is 0 Å². The Labute approximate surface area is 82.9 Å². The lowest BCUT2D eigenvalue weighted by Gasteiger charge is -2.11. The molecule has 13 heavy (non-hydrogen) atoms. The molecule has 0 aliphatic heterocycles. The highest BCUT2D eigenvalue weighted by Gasteiger charge is 2.15. The monoisotopic (exact) mass is 197 g/mol. The molecule has 0 bridgehead atoms. The molecule has 1 aromatic rings. The van der Waals surface area contributed by atoms with E-state index in [1.54, 1.807) is 13.1 Å². The minimum absolute atomic E-state index is 0.0203. The van der Waals surface area contributed by atoms with E-state index in [9.17, 15) is 4.79 Å². The number of benzene rings is 1. The number of likely N-dealkylation sites (N-methyl/N-ethyl adjacent to an activating group) is 1. The minimum atomic E-state index is -0.196. The highest BCUT2D eigenvalue weighted by Crippen LogP contribution is 2.23. The second kappa shape index (κ2) is 4.28. The lowest BCUT2D eigenvalue weighted by Crippen LogP contribution is -2.23. The molecule has 0 saturated heterocycles. The smallest absolute Gasteiger partial charge is 0.227 e. The van der Waals surface area contributed by atoms with Crippen molar-refractivity contribution >= 4 is 17.5 Å². The van der Waals surface area contributed by atoms with E-state index in [1.807, 2.05) is 25.1 Å². The van der Waals surface area contributed by atoms with Gasteiger partial charge in [0.1, 0.15) is 0 Å². The van der Waals surface area contributed by atoms with E-state index in [2.05, 4.69) is 5.32 Å². The van der Waals surface area contributed by atoms with Crippen LogP contribution in [0.25, 0.3) is 0 Å². The zero-order valence-corrected chi connectivity index (χ0v) is 8.43. The predicted octanol–water partition coefficient (Wildman–Crippen LogP) is 2.19. The van der Waals surface area contributed by atoms with Crippen LogP contribution in [0.2, 0.25) is 5.02 Å². The normalized spacial score (nSPS) is 12.2. The van der Waals surface area contributed by atoms with Crippen LogP contribution in [0.1, 0.15) is 18.4 Å². The zero-order valence-electron chi connectivity index (χ0n) is 7.67. The summed E-state index contributed by atoms with van der Waals surface area (Å²) in [6, 6.07) is 7.38. The number of hydrogen-bond donors (Lipinski definition) is 1. The summed E-state index contributed by atoms with van der Waals surface area (Å²) in [5, 5.41) is 3.23. The minimum Gasteiger partial charge on any atom is -0.359 e. The van der Waals surface area contributed by atoms with Crippen LogP contribution in [-0.2, 0) is 4.79 Å². The number of rotatable bonds is 2. The summed E-state index contributed by atoms with van der Waals surface area (Å²) in [6.07, 6.45) is 0. The van der Waals surface area contributed by atoms with Gasteiger partial charge in [-0.2, -0.15) is 0 Å². The van der Waals surface area contributed by atoms with Crippen LogP contribution in [-0.4, -0.2) is 13.0 Å². The maximum Gasteiger partial charge on any atom is 0.227 e. The first-order valence-corrected chi connectivity index (χ1v) is 4.50. The molecule has 0 radical (unpaired) electrons. The molecule has 0 spiro atoms. The Morgan fingerprint density at radius 2 is 2.08 bits per heavy atom. The van der Waals surface area contributed by atoms with Gasteiger partial charge in [0.05, 0.1) is 5.92 Å². The molecule has 0 aromatic heterocycles. The number of halogens is 1. The maximum absolute atomic E-state index is 11.3. The van der Waals surface area contributed by atoms with Gasteiger partial charge in [-0.25, -0.2) is 0 Å². The number of carbonyl (C=O) groups excluding carboxylic acids is 1. The van der Waals surface area contributed by atoms with Crippen molar-refractivity contribution in [3.63, 3.8) is 0 Å². The van der Waals surface area contributed by atoms with E-state index in [1.165, 1.54) is 0 Å². The van der Waals surface area contributed by atoms with Crippen molar-refractivity contribution in [3.05, 3.63) is 34.9 Å². The Hall–Kier alpha value is -1.02. The third-order valence-corrected chi connectivity index (χ3v) is 2.36. The van der Waals surface area contributed by atoms with Crippen molar-refractivity contribution in [2.24, 2.45) is 0 Å². The molecule has 1 N–H and O–H groups in total. The average molecular weight is 198 g/mol. The van der Waals surface area contributed by atoms with Gasteiger partial charge in [-0.15, -0.1) is 0 Å². The summed E-state index contributed by atoms with van der Waals surface area (Å²) in [4.78, 5) is 11.3. The molecule has 0 heterocycles. The first kappa shape index (κ1) is 10.1. The molecule has 3 heteroatoms. The van der Waals surface area contributed by atoms with Crippen molar-refractivity contribution in [3.8, 4) is 0 Å². The summed E-state index contributed by atoms with van der Waals surface area (Å²) in [6.45, 7) is 1.83. The van der Waals surface area contributed by atoms with Gasteiger partial charge in [0, 0.05) is 12.1 Å². The van der Waals surface area contributed by atoms with Crippen LogP contribution in [0.5, 0.6) is 0 Å². The lowest BCUT2D eigenvalue weighted by molar-refractivity contribution is -0.121. The van der Waals surface area contributed by atoms with Crippen LogP contribution in [0.15, 0.2) is 24.3 Å². The highest BCUT2D eigenvalue weighted by molar-refractivity contribution is 6.31. The fourth-order valence-corrected chi connectivity index (χ4v) is 1.48. The van der Waals surface area contributed by atoms with Crippen LogP contribution in [0.3, 0.4) is 0 Å². The Balaban J connectivity index is 2.95. The van der Waals surface area contributed by atoms with Crippen LogP contribution in [0, 0.1) is 0 Å². The number of hydrogen-bond acceptors (Lipinski definition) is 1. The van der Waals surface area contributed by atoms with E-state index in [0.29, 0.717) is 5.02 Å². The fourth-order valence-electron chi connectivity index (χ4n) is 1.18. The molecule has 0 fully saturated rings. The standard InChI is InChI=1S/C10H12ClNO/c1-7(10(13)12-2)8-5-3-4-6-9(8)11/h3-7H,1-2H3,(H,12,13). The molecule has 70 valence electrons. The largest absolute Gasteiger partial charge is 0.359 e. The SMILES string of the molecule is CNC(=O)C(C)c1ccccc1Cl. The summed E-state index contributed by atoms with van der Waals surface area (Å²) in [7, 11) is 1.62. The highest BCUT2D eigenvalue weighted by atomic mass is 35.5. The first-order valence-electron chi connectivity index (χ1n) is 4.13. The van der Waals surface area contributed by atoms with Crippen LogP contribution >= 0.6 is 11.6 Å². The van der Waals surface area contributed by atoms with Crippen molar-refractivity contribution in [2.45, 2.75) is 12.8 Å². The molecule has 1 rings (SSSR count). The number of amides is 1. The Bertz CT molecular complexity index is 312. The molecule has 2 nitrogen and oxygen atoms in total. The van der Waals surface area contributed by atoms with Crippen molar-refractivity contribution in [1.29, 1.82) is 0 Å². The number of carbonyl (C=O) groups is 1. The topological polar surface area (TPSA) is 29.1 Å². The van der Waals surface area contributed by atoms with Crippen molar-refractivity contribution < 1.29 is 4.79 Å². The van der Waals surface area contributed by atoms with E-state index >= 15 is 0 Å². The summed E-state index contributed by atoms with van der Waals surface area (Å²) in [5.41, 5.74) is 0.864. The second-order valence-corrected chi connectivity index (χ2v) is 3.26. The molecule has 1 amide bonds. The first-order chi connectivity index (χ1) is 6.16. The molecule has 1 aromatic carbocycles. The molecule has 0 aliphatic carbocycles. The van der Waals surface area contributed by atoms with E-state index < -0.39 is 0 Å². The number of nitrogens with one attached hydrogen (secondary N) is 1. The lowest BCUT2D eigenvalue weighted by atomic mass is 10.0. The quantitative estimate of drug-likeness (QED) is 0.774. The molecule has 0 aliphatic rings. The van der Waals surface area contributed by atoms with Gasteiger partial charge in [-0.1, -0.05) is 29.8 Å². The van der Waals surface area contributed by atoms with Gasteiger partial charge in [-0.05, 0) is 18.6 Å². The van der Waals surface area contributed by atoms with E-state index in [0.717, 1.165) is 5.56 Å². The average Bonchev–Trinajstić information content (AvgIpc) is 2.16. The van der Waals surface area contributed by atoms with Gasteiger partial charge in [0.2, 0.25) is 5.91 Å². The molecular formula is C10H12ClNO. The summed E-state index contributed by atoms with van der Waals surface area (Å²) in [5.74, 6) is -0.216. The Morgan fingerprint density at radius 1 is 1.46 bits per heavy atom. The van der Waals surface area contributed by atoms with Gasteiger partial charge < -0.3 is 5.32 Å². The molecule has 1 unspecified atom stereocenters. The second-order valence-electron chi connectivity index (χ2n) is 2.86. The van der Waals surface area contributed by atoms with E-state index in [-0.39, 0.29) is 11.8 Å². The third kappa shape index (κ3) is 2.22.